The number of hydrogen-bond acceptors (Lipinski definition) is 8. The van der Waals surface area contributed by atoms with Gasteiger partial charge in [-0.15, -0.1) is 0 Å². The molecular weight excluding hydrogens is 425 g/mol. The molecule has 9 nitrogen and oxygen atoms in total. The third kappa shape index (κ3) is 4.27. The zero-order valence-corrected chi connectivity index (χ0v) is 18.7. The highest BCUT2D eigenvalue weighted by molar-refractivity contribution is 5.92. The number of ether oxygens (including phenoxy) is 1. The molecule has 3 aromatic rings. The predicted octanol–water partition coefficient (Wildman–Crippen LogP) is 2.14. The fourth-order valence-electron chi connectivity index (χ4n) is 4.38. The summed E-state index contributed by atoms with van der Waals surface area (Å²) in [5.74, 6) is 0.173. The fourth-order valence-corrected chi connectivity index (χ4v) is 4.38. The summed E-state index contributed by atoms with van der Waals surface area (Å²) in [5, 5.41) is 6.98. The van der Waals surface area contributed by atoms with Crippen molar-refractivity contribution in [1.82, 2.24) is 20.2 Å². The van der Waals surface area contributed by atoms with Crippen molar-refractivity contribution in [2.75, 3.05) is 38.3 Å². The summed E-state index contributed by atoms with van der Waals surface area (Å²) in [7, 11) is 3.48. The van der Waals surface area contributed by atoms with E-state index in [1.807, 2.05) is 18.0 Å². The van der Waals surface area contributed by atoms with Crippen LogP contribution in [0, 0.1) is 5.82 Å². The monoisotopic (exact) mass is 453 g/mol. The molecule has 2 heterocycles. The Bertz CT molecular complexity index is 1180. The zero-order chi connectivity index (χ0) is 23.6. The van der Waals surface area contributed by atoms with Crippen LogP contribution in [0.4, 0.5) is 21.6 Å². The summed E-state index contributed by atoms with van der Waals surface area (Å²) in [6.45, 7) is 1.86. The van der Waals surface area contributed by atoms with Crippen molar-refractivity contribution in [2.45, 2.75) is 24.9 Å². The van der Waals surface area contributed by atoms with E-state index >= 15 is 0 Å². The molecule has 0 spiro atoms. The maximum atomic E-state index is 14.5. The summed E-state index contributed by atoms with van der Waals surface area (Å²) in [4.78, 5) is 23.1. The number of primary amides is 1. The van der Waals surface area contributed by atoms with Crippen LogP contribution in [0.25, 0.3) is 10.9 Å². The Kier molecular flexibility index (Phi) is 6.30. The number of nitrogens with zero attached hydrogens (tertiary/aromatic N) is 3. The number of fused-ring (bicyclic) bond motifs is 1. The second-order valence-electron chi connectivity index (χ2n) is 8.24. The maximum absolute atomic E-state index is 14.5. The summed E-state index contributed by atoms with van der Waals surface area (Å²) in [6, 6.07) is 8.45. The number of carbonyl (C=O) groups is 1. The SMILES string of the molecule is COc1cc2ncnc(Nc3cccc(N)c3F)c2cc1CN(C)C1(C(N)=O)CCNCC1. The van der Waals surface area contributed by atoms with Crippen molar-refractivity contribution in [3.63, 3.8) is 0 Å². The first-order chi connectivity index (χ1) is 15.9. The van der Waals surface area contributed by atoms with Gasteiger partial charge in [-0.3, -0.25) is 9.69 Å². The maximum Gasteiger partial charge on any atom is 0.238 e. The molecule has 0 saturated carbocycles. The van der Waals surface area contributed by atoms with Crippen LogP contribution in [0.15, 0.2) is 36.7 Å². The number of benzene rings is 2. The minimum absolute atomic E-state index is 0.0427. The highest BCUT2D eigenvalue weighted by Crippen LogP contribution is 2.34. The van der Waals surface area contributed by atoms with E-state index in [1.54, 1.807) is 25.3 Å². The van der Waals surface area contributed by atoms with E-state index in [-0.39, 0.29) is 17.3 Å². The largest absolute Gasteiger partial charge is 0.496 e. The van der Waals surface area contributed by atoms with Gasteiger partial charge in [-0.05, 0) is 51.2 Å². The van der Waals surface area contributed by atoms with Gasteiger partial charge in [0.2, 0.25) is 5.91 Å². The molecular formula is C23H28FN7O2. The number of rotatable bonds is 7. The van der Waals surface area contributed by atoms with Crippen LogP contribution < -0.4 is 26.8 Å². The first kappa shape index (κ1) is 22.7. The molecule has 174 valence electrons. The molecule has 1 amide bonds. The van der Waals surface area contributed by atoms with Crippen LogP contribution >= 0.6 is 0 Å². The molecule has 1 aliphatic heterocycles. The first-order valence-corrected chi connectivity index (χ1v) is 10.7. The van der Waals surface area contributed by atoms with Crippen LogP contribution in [0.5, 0.6) is 5.75 Å². The van der Waals surface area contributed by atoms with Gasteiger partial charge in [0.15, 0.2) is 5.82 Å². The van der Waals surface area contributed by atoms with E-state index in [4.69, 9.17) is 16.2 Å². The van der Waals surface area contributed by atoms with Gasteiger partial charge in [0, 0.05) is 23.6 Å². The Labute approximate surface area is 191 Å². The molecule has 1 aromatic heterocycles. The lowest BCUT2D eigenvalue weighted by molar-refractivity contribution is -0.131. The molecule has 1 saturated heterocycles. The summed E-state index contributed by atoms with van der Waals surface area (Å²) >= 11 is 0. The van der Waals surface area contributed by atoms with E-state index < -0.39 is 11.4 Å². The Morgan fingerprint density at radius 1 is 1.30 bits per heavy atom. The topological polar surface area (TPSA) is 131 Å². The quantitative estimate of drug-likeness (QED) is 0.400. The molecule has 0 unspecified atom stereocenters. The third-order valence-electron chi connectivity index (χ3n) is 6.35. The van der Waals surface area contributed by atoms with Crippen LogP contribution in [0.2, 0.25) is 0 Å². The number of nitrogens with two attached hydrogens (primary N) is 2. The second kappa shape index (κ2) is 9.16. The van der Waals surface area contributed by atoms with Crippen LogP contribution in [-0.4, -0.2) is 53.6 Å². The molecule has 10 heteroatoms. The summed E-state index contributed by atoms with van der Waals surface area (Å²) < 4.78 is 20.1. The van der Waals surface area contributed by atoms with Gasteiger partial charge >= 0.3 is 0 Å². The molecule has 4 rings (SSSR count). The van der Waals surface area contributed by atoms with E-state index in [0.29, 0.717) is 41.9 Å². The number of halogens is 1. The molecule has 6 N–H and O–H groups in total. The standard InChI is InChI=1S/C23H28FN7O2/c1-31(23(22(26)32)6-8-27-9-7-23)12-14-10-15-18(11-19(14)33-2)28-13-29-21(15)30-17-5-3-4-16(25)20(17)24/h3-5,10-11,13,27H,6-9,12,25H2,1-2H3,(H2,26,32)(H,28,29,30). The molecule has 0 atom stereocenters. The molecule has 1 fully saturated rings. The number of hydrogen-bond donors (Lipinski definition) is 4. The molecule has 1 aliphatic rings. The van der Waals surface area contributed by atoms with Gasteiger partial charge in [0.25, 0.3) is 0 Å². The van der Waals surface area contributed by atoms with Gasteiger partial charge in [0.05, 0.1) is 24.0 Å². The van der Waals surface area contributed by atoms with Crippen molar-refractivity contribution >= 4 is 34.0 Å². The third-order valence-corrected chi connectivity index (χ3v) is 6.35. The number of piperidine rings is 1. The normalized spacial score (nSPS) is 15.5. The molecule has 0 aliphatic carbocycles. The molecule has 33 heavy (non-hydrogen) atoms. The zero-order valence-electron chi connectivity index (χ0n) is 18.7. The van der Waals surface area contributed by atoms with Crippen molar-refractivity contribution in [3.05, 3.63) is 48.0 Å². The minimum atomic E-state index is -0.746. The average Bonchev–Trinajstić information content (AvgIpc) is 2.82. The van der Waals surface area contributed by atoms with E-state index in [2.05, 4.69) is 20.6 Å². The molecule has 2 aromatic carbocycles. The average molecular weight is 454 g/mol. The van der Waals surface area contributed by atoms with Crippen molar-refractivity contribution < 1.29 is 13.9 Å². The lowest BCUT2D eigenvalue weighted by Gasteiger charge is -2.42. The lowest BCUT2D eigenvalue weighted by Crippen LogP contribution is -2.60. The number of nitrogen functional groups attached to an aromatic ring is 1. The van der Waals surface area contributed by atoms with E-state index in [9.17, 15) is 9.18 Å². The number of methoxy groups -OCH3 is 1. The predicted molar refractivity (Wildman–Crippen MR) is 126 cm³/mol. The highest BCUT2D eigenvalue weighted by atomic mass is 19.1. The Morgan fingerprint density at radius 2 is 2.06 bits per heavy atom. The van der Waals surface area contributed by atoms with Crippen LogP contribution in [-0.2, 0) is 11.3 Å². The van der Waals surface area contributed by atoms with Crippen molar-refractivity contribution in [1.29, 1.82) is 0 Å². The number of nitrogens with one attached hydrogen (secondary N) is 2. The summed E-state index contributed by atoms with van der Waals surface area (Å²) in [5.41, 5.74) is 12.5. The van der Waals surface area contributed by atoms with Crippen molar-refractivity contribution in [2.24, 2.45) is 5.73 Å². The van der Waals surface area contributed by atoms with Gasteiger partial charge < -0.3 is 26.8 Å². The molecule has 0 radical (unpaired) electrons. The van der Waals surface area contributed by atoms with Gasteiger partial charge in [-0.2, -0.15) is 0 Å². The van der Waals surface area contributed by atoms with Gasteiger partial charge in [-0.25, -0.2) is 14.4 Å². The smallest absolute Gasteiger partial charge is 0.238 e. The second-order valence-corrected chi connectivity index (χ2v) is 8.24. The number of aromatic nitrogens is 2. The molecule has 0 bridgehead atoms. The Hall–Kier alpha value is -3.50. The van der Waals surface area contributed by atoms with Crippen LogP contribution in [0.1, 0.15) is 18.4 Å². The fraction of sp³-hybridized carbons (Fsp3) is 0.348. The first-order valence-electron chi connectivity index (χ1n) is 10.7. The van der Waals surface area contributed by atoms with E-state index in [1.165, 1.54) is 12.4 Å². The Morgan fingerprint density at radius 3 is 2.76 bits per heavy atom. The number of likely N-dealkylation sites (N-methyl/N-ethyl adjacent to an activating group) is 1. The Balaban J connectivity index is 1.73. The number of anilines is 3. The highest BCUT2D eigenvalue weighted by Gasteiger charge is 2.41. The van der Waals surface area contributed by atoms with Crippen molar-refractivity contribution in [3.8, 4) is 5.75 Å². The number of amides is 1. The van der Waals surface area contributed by atoms with Gasteiger partial charge in [-0.1, -0.05) is 6.07 Å². The van der Waals surface area contributed by atoms with Gasteiger partial charge in [0.1, 0.15) is 23.4 Å². The number of carbonyl (C=O) groups excluding carboxylic acids is 1. The van der Waals surface area contributed by atoms with E-state index in [0.717, 1.165) is 18.7 Å². The minimum Gasteiger partial charge on any atom is -0.496 e. The van der Waals surface area contributed by atoms with Crippen LogP contribution in [0.3, 0.4) is 0 Å². The summed E-state index contributed by atoms with van der Waals surface area (Å²) in [6.07, 6.45) is 2.65. The lowest BCUT2D eigenvalue weighted by atomic mass is 9.85.